The van der Waals surface area contributed by atoms with Crippen LogP contribution in [-0.2, 0) is 9.53 Å². The van der Waals surface area contributed by atoms with Crippen LogP contribution in [0.1, 0.15) is 64.2 Å². The molecule has 0 bridgehead atoms. The highest BCUT2D eigenvalue weighted by atomic mass is 32.2. The average Bonchev–Trinajstić information content (AvgIpc) is 3.31. The monoisotopic (exact) mass is 414 g/mol. The summed E-state index contributed by atoms with van der Waals surface area (Å²) in [6.45, 7) is 0. The normalized spacial score (nSPS) is 23.4. The molecule has 1 aliphatic carbocycles. The lowest BCUT2D eigenvalue weighted by atomic mass is 9.86. The maximum atomic E-state index is 11.1. The zero-order valence-electron chi connectivity index (χ0n) is 16.3. The number of rotatable bonds is 13. The Bertz CT molecular complexity index is 520. The molecule has 27 heavy (non-hydrogen) atoms. The van der Waals surface area contributed by atoms with Gasteiger partial charge in [0.25, 0.3) is 0 Å². The minimum Gasteiger partial charge on any atom is -0.469 e. The van der Waals surface area contributed by atoms with E-state index in [1.807, 2.05) is 6.07 Å². The predicted octanol–water partition coefficient (Wildman–Crippen LogP) is 4.88. The molecule has 2 N–H and O–H groups in total. The highest BCUT2D eigenvalue weighted by Gasteiger charge is 2.34. The Morgan fingerprint density at radius 1 is 1.30 bits per heavy atom. The van der Waals surface area contributed by atoms with Gasteiger partial charge in [0.15, 0.2) is 0 Å². The van der Waals surface area contributed by atoms with Crippen molar-refractivity contribution < 1.29 is 19.7 Å². The van der Waals surface area contributed by atoms with Gasteiger partial charge in [0.05, 0.1) is 23.5 Å². The van der Waals surface area contributed by atoms with Gasteiger partial charge in [-0.05, 0) is 55.4 Å². The maximum absolute atomic E-state index is 11.1. The van der Waals surface area contributed by atoms with E-state index in [1.54, 1.807) is 23.1 Å². The number of thioether (sulfide) groups is 1. The number of thiophene rings is 1. The fourth-order valence-corrected chi connectivity index (χ4v) is 5.83. The van der Waals surface area contributed by atoms with E-state index in [2.05, 4.69) is 16.2 Å². The lowest BCUT2D eigenvalue weighted by Gasteiger charge is -2.23. The molecule has 3 unspecified atom stereocenters. The van der Waals surface area contributed by atoms with Crippen molar-refractivity contribution in [3.8, 4) is 0 Å². The first kappa shape index (κ1) is 22.7. The van der Waals surface area contributed by atoms with Crippen LogP contribution < -0.4 is 0 Å². The van der Waals surface area contributed by atoms with Crippen LogP contribution in [0.25, 0.3) is 0 Å². The van der Waals surface area contributed by atoms with Gasteiger partial charge in [0, 0.05) is 12.2 Å². The van der Waals surface area contributed by atoms with Crippen molar-refractivity contribution in [2.24, 2.45) is 11.8 Å². The first-order valence-electron chi connectivity index (χ1n) is 10.2. The molecule has 154 valence electrons. The van der Waals surface area contributed by atoms with E-state index in [-0.39, 0.29) is 18.2 Å². The minimum atomic E-state index is -0.302. The summed E-state index contributed by atoms with van der Waals surface area (Å²) < 4.78 is 5.91. The number of hydrogen-bond donors (Lipinski definition) is 2. The third-order valence-corrected chi connectivity index (χ3v) is 7.89. The molecule has 1 aromatic heterocycles. The molecule has 4 atom stereocenters. The third kappa shape index (κ3) is 8.55. The summed E-state index contributed by atoms with van der Waals surface area (Å²) in [4.78, 5) is 11.1. The van der Waals surface area contributed by atoms with Crippen molar-refractivity contribution in [3.05, 3.63) is 17.5 Å². The van der Waals surface area contributed by atoms with Crippen LogP contribution in [0.3, 0.4) is 0 Å². The molecule has 2 rings (SSSR count). The van der Waals surface area contributed by atoms with E-state index in [9.17, 15) is 15.0 Å². The predicted molar refractivity (Wildman–Crippen MR) is 112 cm³/mol. The quantitative estimate of drug-likeness (QED) is 0.273. The van der Waals surface area contributed by atoms with Crippen molar-refractivity contribution in [3.63, 3.8) is 0 Å². The summed E-state index contributed by atoms with van der Waals surface area (Å²) in [5.74, 6) is 1.53. The molecule has 4 nitrogen and oxygen atoms in total. The van der Waals surface area contributed by atoms with Crippen LogP contribution in [-0.4, -0.2) is 41.3 Å². The lowest BCUT2D eigenvalue weighted by molar-refractivity contribution is -0.140. The first-order chi connectivity index (χ1) is 13.1. The molecule has 0 spiro atoms. The van der Waals surface area contributed by atoms with Crippen molar-refractivity contribution in [2.45, 2.75) is 80.6 Å². The SMILES string of the molecule is COC(=O)CCCCCCC1CC[C@@H](O)C1CCC(O)CSc1cccs1. The van der Waals surface area contributed by atoms with E-state index in [1.165, 1.54) is 11.3 Å². The maximum Gasteiger partial charge on any atom is 0.305 e. The van der Waals surface area contributed by atoms with Crippen molar-refractivity contribution in [1.29, 1.82) is 0 Å². The Labute approximate surface area is 171 Å². The van der Waals surface area contributed by atoms with Gasteiger partial charge in [-0.3, -0.25) is 4.79 Å². The first-order valence-corrected chi connectivity index (χ1v) is 12.1. The van der Waals surface area contributed by atoms with Gasteiger partial charge in [-0.2, -0.15) is 0 Å². The summed E-state index contributed by atoms with van der Waals surface area (Å²) >= 11 is 3.43. The van der Waals surface area contributed by atoms with Crippen LogP contribution in [0, 0.1) is 11.8 Å². The van der Waals surface area contributed by atoms with Gasteiger partial charge in [0.1, 0.15) is 0 Å². The Hall–Kier alpha value is -0.560. The van der Waals surface area contributed by atoms with E-state index >= 15 is 0 Å². The molecular weight excluding hydrogens is 380 g/mol. The topological polar surface area (TPSA) is 66.8 Å². The number of aliphatic hydroxyl groups is 2. The summed E-state index contributed by atoms with van der Waals surface area (Å²) in [5, 5.41) is 22.7. The molecule has 0 radical (unpaired) electrons. The number of methoxy groups -OCH3 is 1. The van der Waals surface area contributed by atoms with Crippen molar-refractivity contribution >= 4 is 29.1 Å². The smallest absolute Gasteiger partial charge is 0.305 e. The van der Waals surface area contributed by atoms with Crippen LogP contribution in [0.4, 0.5) is 0 Å². The fourth-order valence-electron chi connectivity index (χ4n) is 4.04. The second kappa shape index (κ2) is 12.8. The van der Waals surface area contributed by atoms with E-state index in [4.69, 9.17) is 0 Å². The zero-order valence-corrected chi connectivity index (χ0v) is 18.0. The Morgan fingerprint density at radius 2 is 2.11 bits per heavy atom. The van der Waals surface area contributed by atoms with Gasteiger partial charge in [-0.15, -0.1) is 23.1 Å². The Kier molecular flexibility index (Phi) is 10.8. The van der Waals surface area contributed by atoms with Gasteiger partial charge in [-0.25, -0.2) is 0 Å². The average molecular weight is 415 g/mol. The molecule has 0 aliphatic heterocycles. The third-order valence-electron chi connectivity index (χ3n) is 5.61. The molecule has 1 aromatic rings. The molecule has 1 fully saturated rings. The zero-order chi connectivity index (χ0) is 19.5. The minimum absolute atomic E-state index is 0.121. The number of carbonyl (C=O) groups excluding carboxylic acids is 1. The number of esters is 1. The molecule has 0 aromatic carbocycles. The van der Waals surface area contributed by atoms with E-state index in [0.29, 0.717) is 18.3 Å². The summed E-state index contributed by atoms with van der Waals surface area (Å²) in [6.07, 6.45) is 9.12. The van der Waals surface area contributed by atoms with Crippen LogP contribution >= 0.6 is 23.1 Å². The number of carbonyl (C=O) groups is 1. The fraction of sp³-hybridized carbons (Fsp3) is 0.762. The molecule has 0 amide bonds. The number of unbranched alkanes of at least 4 members (excludes halogenated alkanes) is 3. The highest BCUT2D eigenvalue weighted by molar-refractivity contribution is 8.01. The summed E-state index contributed by atoms with van der Waals surface area (Å²) in [6, 6.07) is 4.12. The molecule has 1 heterocycles. The molecule has 6 heteroatoms. The highest BCUT2D eigenvalue weighted by Crippen LogP contribution is 2.39. The second-order valence-corrected chi connectivity index (χ2v) is 9.84. The van der Waals surface area contributed by atoms with Gasteiger partial charge < -0.3 is 14.9 Å². The van der Waals surface area contributed by atoms with E-state index in [0.717, 1.165) is 63.5 Å². The van der Waals surface area contributed by atoms with Crippen molar-refractivity contribution in [1.82, 2.24) is 0 Å². The molecular formula is C21H34O4S2. The van der Waals surface area contributed by atoms with Crippen LogP contribution in [0.15, 0.2) is 21.7 Å². The summed E-state index contributed by atoms with van der Waals surface area (Å²) in [5.41, 5.74) is 0. The van der Waals surface area contributed by atoms with Crippen LogP contribution in [0.2, 0.25) is 0 Å². The largest absolute Gasteiger partial charge is 0.469 e. The van der Waals surface area contributed by atoms with Gasteiger partial charge in [-0.1, -0.05) is 31.7 Å². The molecule has 1 saturated carbocycles. The number of hydrogen-bond acceptors (Lipinski definition) is 6. The lowest BCUT2D eigenvalue weighted by Crippen LogP contribution is -2.22. The van der Waals surface area contributed by atoms with Crippen LogP contribution in [0.5, 0.6) is 0 Å². The van der Waals surface area contributed by atoms with E-state index < -0.39 is 0 Å². The molecule has 0 saturated heterocycles. The van der Waals surface area contributed by atoms with Gasteiger partial charge in [0.2, 0.25) is 0 Å². The van der Waals surface area contributed by atoms with Gasteiger partial charge >= 0.3 is 5.97 Å². The second-order valence-electron chi connectivity index (χ2n) is 7.57. The Balaban J connectivity index is 1.60. The number of aliphatic hydroxyl groups excluding tert-OH is 2. The molecule has 1 aliphatic rings. The standard InChI is InChI=1S/C21H34O4S2/c1-25-20(24)8-5-3-2-4-7-16-10-13-19(23)18(16)12-11-17(22)15-27-21-9-6-14-26-21/h6,9,14,16-19,22-23H,2-5,7-8,10-13,15H2,1H3/t16?,17?,18?,19-/m1/s1. The van der Waals surface area contributed by atoms with Crippen molar-refractivity contribution in [2.75, 3.05) is 12.9 Å². The Morgan fingerprint density at radius 3 is 2.85 bits per heavy atom. The number of ether oxygens (including phenoxy) is 1. The summed E-state index contributed by atoms with van der Waals surface area (Å²) in [7, 11) is 1.44.